The molecule has 0 fully saturated rings. The first-order valence-electron chi connectivity index (χ1n) is 9.63. The van der Waals surface area contributed by atoms with Crippen molar-refractivity contribution in [1.29, 1.82) is 0 Å². The molecule has 0 unspecified atom stereocenters. The Labute approximate surface area is 197 Å². The number of anilines is 1. The second kappa shape index (κ2) is 11.8. The van der Waals surface area contributed by atoms with Crippen molar-refractivity contribution < 1.29 is 37.0 Å². The summed E-state index contributed by atoms with van der Waals surface area (Å²) < 4.78 is 52.3. The fraction of sp³-hybridized carbons (Fsp3) is 0.350. The highest BCUT2D eigenvalue weighted by molar-refractivity contribution is 7.80. The van der Waals surface area contributed by atoms with Crippen molar-refractivity contribution in [2.45, 2.75) is 26.6 Å². The van der Waals surface area contributed by atoms with Crippen molar-refractivity contribution in [3.8, 4) is 5.75 Å². The summed E-state index contributed by atoms with van der Waals surface area (Å²) in [4.78, 5) is 28.4. The van der Waals surface area contributed by atoms with Crippen LogP contribution in [0.5, 0.6) is 5.75 Å². The van der Waals surface area contributed by atoms with Crippen LogP contribution in [0.25, 0.3) is 0 Å². The van der Waals surface area contributed by atoms with Crippen LogP contribution in [0.15, 0.2) is 30.5 Å². The average molecular weight is 508 g/mol. The highest BCUT2D eigenvalue weighted by Gasteiger charge is 2.29. The molecule has 1 aromatic heterocycles. The summed E-state index contributed by atoms with van der Waals surface area (Å²) in [6, 6.07) is 5.75. The molecule has 2 rings (SSSR count). The maximum absolute atomic E-state index is 12.5. The van der Waals surface area contributed by atoms with Gasteiger partial charge in [-0.05, 0) is 49.8 Å². The van der Waals surface area contributed by atoms with E-state index in [2.05, 4.69) is 10.3 Å². The van der Waals surface area contributed by atoms with Crippen molar-refractivity contribution in [2.75, 3.05) is 24.7 Å². The van der Waals surface area contributed by atoms with Gasteiger partial charge in [-0.2, -0.15) is 13.2 Å². The predicted octanol–water partition coefficient (Wildman–Crippen LogP) is 4.82. The SMILES string of the molecule is CCOC(=O)NC(=S)N(Cc1ccc(Cl)c(OCC(F)(F)F)c1)c1cc[nH]c1C(=O)OCC. The monoisotopic (exact) mass is 507 g/mol. The van der Waals surface area contributed by atoms with Gasteiger partial charge in [-0.15, -0.1) is 0 Å². The van der Waals surface area contributed by atoms with Crippen molar-refractivity contribution in [2.24, 2.45) is 0 Å². The van der Waals surface area contributed by atoms with Crippen molar-refractivity contribution in [3.63, 3.8) is 0 Å². The molecule has 2 aromatic rings. The van der Waals surface area contributed by atoms with E-state index < -0.39 is 24.8 Å². The number of nitrogens with zero attached hydrogens (tertiary/aromatic N) is 1. The molecule has 33 heavy (non-hydrogen) atoms. The van der Waals surface area contributed by atoms with E-state index in [1.807, 2.05) is 0 Å². The molecule has 0 aliphatic heterocycles. The van der Waals surface area contributed by atoms with Gasteiger partial charge in [-0.3, -0.25) is 5.32 Å². The van der Waals surface area contributed by atoms with Crippen LogP contribution in [0.3, 0.4) is 0 Å². The van der Waals surface area contributed by atoms with E-state index in [1.54, 1.807) is 19.9 Å². The number of amides is 1. The Kier molecular flexibility index (Phi) is 9.35. The van der Waals surface area contributed by atoms with Crippen LogP contribution in [0.2, 0.25) is 5.02 Å². The number of rotatable bonds is 8. The summed E-state index contributed by atoms with van der Waals surface area (Å²) in [5.41, 5.74) is 0.760. The topological polar surface area (TPSA) is 92.9 Å². The van der Waals surface area contributed by atoms with Gasteiger partial charge in [0.05, 0.1) is 30.5 Å². The number of carbonyl (C=O) groups is 2. The number of H-pyrrole nitrogens is 1. The Balaban J connectivity index is 2.37. The number of nitrogens with one attached hydrogen (secondary N) is 2. The van der Waals surface area contributed by atoms with Gasteiger partial charge in [-0.25, -0.2) is 9.59 Å². The number of alkyl carbamates (subject to hydrolysis) is 1. The van der Waals surface area contributed by atoms with Crippen LogP contribution >= 0.6 is 23.8 Å². The van der Waals surface area contributed by atoms with Crippen molar-refractivity contribution in [1.82, 2.24) is 10.3 Å². The Bertz CT molecular complexity index is 1000. The largest absolute Gasteiger partial charge is 0.483 e. The second-order valence-electron chi connectivity index (χ2n) is 6.36. The molecule has 1 heterocycles. The van der Waals surface area contributed by atoms with E-state index in [4.69, 9.17) is 38.0 Å². The van der Waals surface area contributed by atoms with E-state index in [1.165, 1.54) is 29.3 Å². The summed E-state index contributed by atoms with van der Waals surface area (Å²) in [5, 5.41) is 2.25. The molecular weight excluding hydrogens is 487 g/mol. The fourth-order valence-corrected chi connectivity index (χ4v) is 3.06. The molecule has 1 amide bonds. The normalized spacial score (nSPS) is 11.0. The zero-order valence-corrected chi connectivity index (χ0v) is 19.2. The minimum absolute atomic E-state index is 0.0179. The molecule has 0 bridgehead atoms. The number of aromatic amines is 1. The lowest BCUT2D eigenvalue weighted by Crippen LogP contribution is -2.43. The summed E-state index contributed by atoms with van der Waals surface area (Å²) >= 11 is 11.3. The van der Waals surface area contributed by atoms with E-state index in [9.17, 15) is 22.8 Å². The van der Waals surface area contributed by atoms with Gasteiger partial charge >= 0.3 is 18.2 Å². The van der Waals surface area contributed by atoms with Gasteiger partial charge in [0.15, 0.2) is 11.7 Å². The number of carbonyl (C=O) groups excluding carboxylic acids is 2. The van der Waals surface area contributed by atoms with E-state index in [0.29, 0.717) is 5.56 Å². The molecule has 8 nitrogen and oxygen atoms in total. The zero-order chi connectivity index (χ0) is 24.6. The quantitative estimate of drug-likeness (QED) is 0.391. The maximum Gasteiger partial charge on any atom is 0.422 e. The number of esters is 1. The van der Waals surface area contributed by atoms with Gasteiger partial charge in [0.2, 0.25) is 0 Å². The Morgan fingerprint density at radius 3 is 2.52 bits per heavy atom. The van der Waals surface area contributed by atoms with Crippen LogP contribution in [0.4, 0.5) is 23.7 Å². The predicted molar refractivity (Wildman–Crippen MR) is 119 cm³/mol. The Hall–Kier alpha value is -2.99. The van der Waals surface area contributed by atoms with E-state index >= 15 is 0 Å². The lowest BCUT2D eigenvalue weighted by atomic mass is 10.2. The first-order chi connectivity index (χ1) is 15.6. The van der Waals surface area contributed by atoms with E-state index in [-0.39, 0.29) is 47.0 Å². The molecule has 0 saturated heterocycles. The lowest BCUT2D eigenvalue weighted by molar-refractivity contribution is -0.153. The maximum atomic E-state index is 12.5. The smallest absolute Gasteiger partial charge is 0.422 e. The standard InChI is InChI=1S/C20H21ClF3N3O5S/c1-3-30-17(28)16-14(7-8-25-16)27(18(33)26-19(29)31-4-2)10-12-5-6-13(21)15(9-12)32-11-20(22,23)24/h5-9,25H,3-4,10-11H2,1-2H3,(H,26,29,33). The first-order valence-corrected chi connectivity index (χ1v) is 10.4. The molecule has 0 aliphatic carbocycles. The molecule has 1 aromatic carbocycles. The number of ether oxygens (including phenoxy) is 3. The zero-order valence-electron chi connectivity index (χ0n) is 17.6. The third kappa shape index (κ3) is 7.82. The van der Waals surface area contributed by atoms with Gasteiger partial charge in [0, 0.05) is 6.20 Å². The van der Waals surface area contributed by atoms with Gasteiger partial charge < -0.3 is 24.1 Å². The summed E-state index contributed by atoms with van der Waals surface area (Å²) in [6.07, 6.45) is -3.89. The second-order valence-corrected chi connectivity index (χ2v) is 7.16. The Morgan fingerprint density at radius 1 is 1.18 bits per heavy atom. The number of hydrogen-bond donors (Lipinski definition) is 2. The highest BCUT2D eigenvalue weighted by atomic mass is 35.5. The first kappa shape index (κ1) is 26.3. The molecular formula is C20H21ClF3N3O5S. The molecule has 0 radical (unpaired) electrons. The Morgan fingerprint density at radius 2 is 1.88 bits per heavy atom. The van der Waals surface area contributed by atoms with Crippen LogP contribution < -0.4 is 15.0 Å². The van der Waals surface area contributed by atoms with Gasteiger partial charge in [0.1, 0.15) is 11.4 Å². The molecule has 13 heteroatoms. The fourth-order valence-electron chi connectivity index (χ4n) is 2.64. The number of alkyl halides is 3. The number of aromatic nitrogens is 1. The minimum Gasteiger partial charge on any atom is -0.483 e. The number of thiocarbonyl (C=S) groups is 1. The van der Waals surface area contributed by atoms with Crippen LogP contribution in [-0.2, 0) is 16.0 Å². The van der Waals surface area contributed by atoms with Crippen molar-refractivity contribution >= 4 is 46.7 Å². The van der Waals surface area contributed by atoms with Crippen molar-refractivity contribution in [3.05, 3.63) is 46.7 Å². The minimum atomic E-state index is -4.55. The molecule has 180 valence electrons. The van der Waals surface area contributed by atoms with Gasteiger partial charge in [-0.1, -0.05) is 17.7 Å². The van der Waals surface area contributed by atoms with Crippen LogP contribution in [0, 0.1) is 0 Å². The molecule has 0 aliphatic rings. The number of halogens is 4. The molecule has 0 spiro atoms. The summed E-state index contributed by atoms with van der Waals surface area (Å²) in [6.45, 7) is 1.90. The van der Waals surface area contributed by atoms with E-state index in [0.717, 1.165) is 0 Å². The molecule has 0 saturated carbocycles. The van der Waals surface area contributed by atoms with Gasteiger partial charge in [0.25, 0.3) is 0 Å². The van der Waals surface area contributed by atoms with Crippen LogP contribution in [0.1, 0.15) is 29.9 Å². The molecule has 2 N–H and O–H groups in total. The highest BCUT2D eigenvalue weighted by Crippen LogP contribution is 2.30. The molecule has 0 atom stereocenters. The average Bonchev–Trinajstić information content (AvgIpc) is 3.21. The lowest BCUT2D eigenvalue weighted by Gasteiger charge is -2.25. The number of hydrogen-bond acceptors (Lipinski definition) is 6. The number of benzene rings is 1. The third-order valence-electron chi connectivity index (χ3n) is 3.95. The summed E-state index contributed by atoms with van der Waals surface area (Å²) in [7, 11) is 0. The van der Waals surface area contributed by atoms with Crippen LogP contribution in [-0.4, -0.2) is 48.2 Å². The third-order valence-corrected chi connectivity index (χ3v) is 4.59. The summed E-state index contributed by atoms with van der Waals surface area (Å²) in [5.74, 6) is -0.845.